The summed E-state index contributed by atoms with van der Waals surface area (Å²) in [6.45, 7) is 5.56. The minimum absolute atomic E-state index is 0.0547. The second-order valence-electron chi connectivity index (χ2n) is 8.98. The molecule has 0 radical (unpaired) electrons. The van der Waals surface area contributed by atoms with Crippen LogP contribution in [-0.4, -0.2) is 33.4 Å². The first-order valence-electron chi connectivity index (χ1n) is 11.4. The van der Waals surface area contributed by atoms with Gasteiger partial charge in [-0.25, -0.2) is 4.98 Å². The topological polar surface area (TPSA) is 141 Å². The van der Waals surface area contributed by atoms with Gasteiger partial charge in [-0.2, -0.15) is 15.2 Å². The Morgan fingerprint density at radius 3 is 2.85 bits per heavy atom. The Bertz CT molecular complexity index is 1270. The molecular weight excluding hydrogens is 432 g/mol. The van der Waals surface area contributed by atoms with Gasteiger partial charge in [-0.05, 0) is 62.9 Å². The van der Waals surface area contributed by atoms with Gasteiger partial charge in [0.1, 0.15) is 22.9 Å². The summed E-state index contributed by atoms with van der Waals surface area (Å²) >= 11 is 0. The Morgan fingerprint density at radius 2 is 2.09 bits per heavy atom. The Morgan fingerprint density at radius 1 is 1.24 bits per heavy atom. The van der Waals surface area contributed by atoms with Crippen LogP contribution < -0.4 is 21.3 Å². The van der Waals surface area contributed by atoms with Gasteiger partial charge in [-0.15, -0.1) is 0 Å². The maximum Gasteiger partial charge on any atom is 0.300 e. The maximum atomic E-state index is 12.8. The number of benzene rings is 1. The third-order valence-corrected chi connectivity index (χ3v) is 5.99. The molecular formula is C24H26N8O2. The highest BCUT2D eigenvalue weighted by Gasteiger charge is 2.47. The minimum Gasteiger partial charge on any atom is -0.432 e. The normalized spacial score (nSPS) is 15.8. The van der Waals surface area contributed by atoms with Crippen molar-refractivity contribution in [3.8, 4) is 6.07 Å². The third kappa shape index (κ3) is 4.43. The van der Waals surface area contributed by atoms with E-state index in [2.05, 4.69) is 54.4 Å². The highest BCUT2D eigenvalue weighted by atomic mass is 16.4. The van der Waals surface area contributed by atoms with Crippen molar-refractivity contribution in [2.24, 2.45) is 0 Å². The summed E-state index contributed by atoms with van der Waals surface area (Å²) in [7, 11) is 0. The number of rotatable bonds is 7. The molecule has 0 saturated heterocycles. The van der Waals surface area contributed by atoms with Gasteiger partial charge >= 0.3 is 6.01 Å². The fourth-order valence-corrected chi connectivity index (χ4v) is 3.93. The molecule has 3 heterocycles. The van der Waals surface area contributed by atoms with Crippen LogP contribution in [0.2, 0.25) is 0 Å². The summed E-state index contributed by atoms with van der Waals surface area (Å²) in [6, 6.07) is 8.60. The maximum absolute atomic E-state index is 12.8. The Labute approximate surface area is 197 Å². The van der Waals surface area contributed by atoms with Crippen LogP contribution in [-0.2, 0) is 18.4 Å². The van der Waals surface area contributed by atoms with Crippen molar-refractivity contribution < 1.29 is 9.21 Å². The number of fused-ring (bicyclic) bond motifs is 1. The third-order valence-electron chi connectivity index (χ3n) is 5.99. The first kappa shape index (κ1) is 21.9. The zero-order valence-corrected chi connectivity index (χ0v) is 19.1. The summed E-state index contributed by atoms with van der Waals surface area (Å²) in [4.78, 5) is 26.1. The van der Waals surface area contributed by atoms with Gasteiger partial charge in [0, 0.05) is 24.5 Å². The van der Waals surface area contributed by atoms with Crippen molar-refractivity contribution in [3.05, 3.63) is 53.0 Å². The van der Waals surface area contributed by atoms with Gasteiger partial charge in [0.05, 0.1) is 6.07 Å². The first-order valence-corrected chi connectivity index (χ1v) is 11.4. The van der Waals surface area contributed by atoms with Crippen LogP contribution in [0.4, 0.5) is 23.5 Å². The highest BCUT2D eigenvalue weighted by Crippen LogP contribution is 2.47. The Balaban J connectivity index is 1.42. The lowest BCUT2D eigenvalue weighted by Crippen LogP contribution is -2.31. The second-order valence-corrected chi connectivity index (χ2v) is 8.98. The summed E-state index contributed by atoms with van der Waals surface area (Å²) in [6.07, 6.45) is 5.47. The molecule has 0 atom stereocenters. The van der Waals surface area contributed by atoms with E-state index in [-0.39, 0.29) is 29.3 Å². The van der Waals surface area contributed by atoms with Gasteiger partial charge < -0.3 is 20.4 Å². The van der Waals surface area contributed by atoms with Gasteiger partial charge in [-0.3, -0.25) is 10.1 Å². The van der Waals surface area contributed by atoms with Crippen molar-refractivity contribution in [2.75, 3.05) is 17.2 Å². The number of carbonyl (C=O) groups is 1. The van der Waals surface area contributed by atoms with Crippen LogP contribution in [0, 0.1) is 11.3 Å². The van der Waals surface area contributed by atoms with E-state index in [4.69, 9.17) is 4.42 Å². The molecule has 1 amide bonds. The van der Waals surface area contributed by atoms with Gasteiger partial charge in [0.25, 0.3) is 5.91 Å². The van der Waals surface area contributed by atoms with Crippen LogP contribution in [0.5, 0.6) is 0 Å². The largest absolute Gasteiger partial charge is 0.432 e. The average molecular weight is 459 g/mol. The number of oxazole rings is 1. The number of carbonyl (C=O) groups excluding carboxylic acids is 1. The number of nitrogens with zero attached hydrogens (tertiary/aromatic N) is 4. The molecule has 0 bridgehead atoms. The number of amides is 1. The fraction of sp³-hybridized carbons (Fsp3) is 0.375. The van der Waals surface area contributed by atoms with Crippen LogP contribution in [0.1, 0.15) is 53.9 Å². The molecule has 4 N–H and O–H groups in total. The van der Waals surface area contributed by atoms with E-state index >= 15 is 0 Å². The minimum atomic E-state index is -0.568. The molecule has 5 rings (SSSR count). The lowest BCUT2D eigenvalue weighted by atomic mass is 10.0. The molecule has 2 aromatic heterocycles. The number of aromatic nitrogens is 3. The Kier molecular flexibility index (Phi) is 5.63. The SMILES string of the molecule is CC(C)NC(=O)c1cnc(Nc2ccc3c(c2)CNCC3)nc1Nc1nc(C2(C#N)CC2)co1. The smallest absolute Gasteiger partial charge is 0.300 e. The van der Waals surface area contributed by atoms with Crippen molar-refractivity contribution in [2.45, 2.75) is 51.1 Å². The lowest BCUT2D eigenvalue weighted by molar-refractivity contribution is 0.0943. The molecule has 1 saturated carbocycles. The summed E-state index contributed by atoms with van der Waals surface area (Å²) in [5.74, 6) is 0.270. The number of hydrogen-bond acceptors (Lipinski definition) is 9. The highest BCUT2D eigenvalue weighted by molar-refractivity contribution is 5.99. The van der Waals surface area contributed by atoms with Crippen molar-refractivity contribution >= 4 is 29.4 Å². The lowest BCUT2D eigenvalue weighted by Gasteiger charge is -2.18. The van der Waals surface area contributed by atoms with Gasteiger partial charge in [-0.1, -0.05) is 6.07 Å². The quantitative estimate of drug-likeness (QED) is 0.420. The molecule has 0 spiro atoms. The molecule has 2 aliphatic rings. The number of nitriles is 1. The number of anilines is 4. The van der Waals surface area contributed by atoms with Gasteiger partial charge in [0.15, 0.2) is 5.82 Å². The van der Waals surface area contributed by atoms with E-state index < -0.39 is 5.41 Å². The summed E-state index contributed by atoms with van der Waals surface area (Å²) in [5, 5.41) is 21.9. The summed E-state index contributed by atoms with van der Waals surface area (Å²) in [5.41, 5.74) is 3.70. The molecule has 0 unspecified atom stereocenters. The average Bonchev–Trinajstić information content (AvgIpc) is 3.49. The predicted molar refractivity (Wildman–Crippen MR) is 126 cm³/mol. The molecule has 1 aliphatic heterocycles. The van der Waals surface area contributed by atoms with Crippen molar-refractivity contribution in [3.63, 3.8) is 0 Å². The molecule has 10 heteroatoms. The summed E-state index contributed by atoms with van der Waals surface area (Å²) < 4.78 is 5.54. The second kappa shape index (κ2) is 8.76. The van der Waals surface area contributed by atoms with E-state index in [1.807, 2.05) is 19.9 Å². The van der Waals surface area contributed by atoms with E-state index in [1.54, 1.807) is 0 Å². The van der Waals surface area contributed by atoms with Crippen LogP contribution >= 0.6 is 0 Å². The van der Waals surface area contributed by atoms with Crippen LogP contribution in [0.15, 0.2) is 35.1 Å². The first-order chi connectivity index (χ1) is 16.5. The zero-order valence-electron chi connectivity index (χ0n) is 19.1. The van der Waals surface area contributed by atoms with E-state index in [0.717, 1.165) is 38.0 Å². The molecule has 10 nitrogen and oxygen atoms in total. The standard InChI is InChI=1S/C24H26N8O2/c1-14(2)28-21(33)18-11-27-22(29-17-4-3-15-5-8-26-10-16(15)9-17)31-20(18)32-23-30-19(12-34-23)24(13-25)6-7-24/h3-4,9,11-12,14,26H,5-8,10H2,1-2H3,(H,28,33)(H2,27,29,30,31,32). The molecule has 174 valence electrons. The predicted octanol–water partition coefficient (Wildman–Crippen LogP) is 3.29. The monoisotopic (exact) mass is 458 g/mol. The van der Waals surface area contributed by atoms with Crippen LogP contribution in [0.3, 0.4) is 0 Å². The van der Waals surface area contributed by atoms with E-state index in [1.165, 1.54) is 23.6 Å². The molecule has 1 aromatic carbocycles. The molecule has 1 aliphatic carbocycles. The van der Waals surface area contributed by atoms with Gasteiger partial charge in [0.2, 0.25) is 5.95 Å². The van der Waals surface area contributed by atoms with Crippen molar-refractivity contribution in [1.29, 1.82) is 5.26 Å². The Hall–Kier alpha value is -3.97. The number of nitrogens with one attached hydrogen (secondary N) is 4. The number of hydrogen-bond donors (Lipinski definition) is 4. The molecule has 1 fully saturated rings. The fourth-order valence-electron chi connectivity index (χ4n) is 3.93. The molecule has 34 heavy (non-hydrogen) atoms. The van der Waals surface area contributed by atoms with Crippen LogP contribution in [0.25, 0.3) is 0 Å². The van der Waals surface area contributed by atoms with Crippen molar-refractivity contribution in [1.82, 2.24) is 25.6 Å². The molecule has 3 aromatic rings. The van der Waals surface area contributed by atoms with E-state index in [0.29, 0.717) is 11.6 Å². The van der Waals surface area contributed by atoms with E-state index in [9.17, 15) is 10.1 Å². The zero-order chi connectivity index (χ0) is 23.7.